The van der Waals surface area contributed by atoms with Gasteiger partial charge < -0.3 is 5.32 Å². The number of aryl methyl sites for hydroxylation is 1. The summed E-state index contributed by atoms with van der Waals surface area (Å²) in [4.78, 5) is 11.5. The summed E-state index contributed by atoms with van der Waals surface area (Å²) >= 11 is 1.17. The van der Waals surface area contributed by atoms with Crippen LogP contribution in [0.5, 0.6) is 0 Å². The molecule has 1 aliphatic heterocycles. The first-order valence-corrected chi connectivity index (χ1v) is 9.00. The fraction of sp³-hybridized carbons (Fsp3) is 0.308. The van der Waals surface area contributed by atoms with Crippen LogP contribution in [0.15, 0.2) is 28.5 Å². The fourth-order valence-electron chi connectivity index (χ4n) is 2.25. The van der Waals surface area contributed by atoms with Crippen molar-refractivity contribution in [2.45, 2.75) is 30.7 Å². The lowest BCUT2D eigenvalue weighted by atomic mass is 10.0. The maximum Gasteiger partial charge on any atom is 0.241 e. The number of aromatic nitrogens is 2. The van der Waals surface area contributed by atoms with E-state index in [1.165, 1.54) is 17.6 Å². The lowest BCUT2D eigenvalue weighted by molar-refractivity contribution is -0.116. The van der Waals surface area contributed by atoms with E-state index in [9.17, 15) is 13.2 Å². The molecule has 0 saturated carbocycles. The molecular formula is C13H14N4O3S2. The first kappa shape index (κ1) is 15.1. The summed E-state index contributed by atoms with van der Waals surface area (Å²) in [6, 6.07) is 4.25. The van der Waals surface area contributed by atoms with Gasteiger partial charge in [0.15, 0.2) is 0 Å². The third kappa shape index (κ3) is 3.01. The predicted octanol–water partition coefficient (Wildman–Crippen LogP) is 1.46. The summed E-state index contributed by atoms with van der Waals surface area (Å²) < 4.78 is 31.2. The zero-order valence-electron chi connectivity index (χ0n) is 11.7. The van der Waals surface area contributed by atoms with Gasteiger partial charge in [0.2, 0.25) is 15.9 Å². The lowest BCUT2D eigenvalue weighted by Gasteiger charge is -2.18. The van der Waals surface area contributed by atoms with E-state index in [1.54, 1.807) is 24.4 Å². The number of amides is 1. The van der Waals surface area contributed by atoms with Crippen LogP contribution < -0.4 is 10.0 Å². The van der Waals surface area contributed by atoms with Gasteiger partial charge in [0, 0.05) is 17.5 Å². The highest BCUT2D eigenvalue weighted by atomic mass is 32.2. The van der Waals surface area contributed by atoms with E-state index in [0.29, 0.717) is 24.2 Å². The molecule has 2 N–H and O–H groups in total. The molecule has 7 nitrogen and oxygen atoms in total. The van der Waals surface area contributed by atoms with Crippen molar-refractivity contribution in [2.75, 3.05) is 5.32 Å². The monoisotopic (exact) mass is 338 g/mol. The number of anilines is 1. The zero-order valence-corrected chi connectivity index (χ0v) is 13.4. The molecule has 22 heavy (non-hydrogen) atoms. The summed E-state index contributed by atoms with van der Waals surface area (Å²) in [5.74, 6) is -0.0501. The molecule has 3 rings (SSSR count). The first-order chi connectivity index (χ1) is 10.5. The minimum Gasteiger partial charge on any atom is -0.326 e. The van der Waals surface area contributed by atoms with Gasteiger partial charge in [-0.2, -0.15) is 0 Å². The molecule has 2 heterocycles. The number of rotatable bonds is 4. The molecule has 2 aromatic rings. The largest absolute Gasteiger partial charge is 0.326 e. The van der Waals surface area contributed by atoms with E-state index in [0.717, 1.165) is 5.56 Å². The van der Waals surface area contributed by atoms with Crippen molar-refractivity contribution in [3.05, 3.63) is 34.8 Å². The fourth-order valence-corrected chi connectivity index (χ4v) is 4.06. The number of sulfonamides is 1. The van der Waals surface area contributed by atoms with E-state index >= 15 is 0 Å². The van der Waals surface area contributed by atoms with Gasteiger partial charge in [0.05, 0.1) is 16.6 Å². The molecule has 1 aliphatic rings. The summed E-state index contributed by atoms with van der Waals surface area (Å²) in [5, 5.41) is 8.30. The normalized spacial score (nSPS) is 16.0. The Kier molecular flexibility index (Phi) is 3.94. The van der Waals surface area contributed by atoms with Crippen molar-refractivity contribution < 1.29 is 13.2 Å². The van der Waals surface area contributed by atoms with Gasteiger partial charge in [-0.15, -0.1) is 5.10 Å². The molecule has 0 aliphatic carbocycles. The van der Waals surface area contributed by atoms with Gasteiger partial charge in [-0.25, -0.2) is 13.1 Å². The first-order valence-electron chi connectivity index (χ1n) is 6.68. The maximum absolute atomic E-state index is 12.4. The number of hydrogen-bond donors (Lipinski definition) is 2. The molecule has 1 amide bonds. The Balaban J connectivity index is 1.85. The molecular weight excluding hydrogens is 324 g/mol. The third-order valence-corrected chi connectivity index (χ3v) is 5.50. The van der Waals surface area contributed by atoms with Crippen LogP contribution >= 0.6 is 11.5 Å². The number of hydrogen-bond acceptors (Lipinski definition) is 6. The Bertz CT molecular complexity index is 803. The Morgan fingerprint density at radius 1 is 1.36 bits per heavy atom. The number of carbonyl (C=O) groups excluding carboxylic acids is 1. The second kappa shape index (κ2) is 5.75. The summed E-state index contributed by atoms with van der Waals surface area (Å²) in [6.45, 7) is 1.72. The summed E-state index contributed by atoms with van der Waals surface area (Å²) in [6.07, 6.45) is 0.904. The minimum atomic E-state index is -3.66. The Morgan fingerprint density at radius 2 is 2.18 bits per heavy atom. The highest BCUT2D eigenvalue weighted by Crippen LogP contribution is 2.26. The second-order valence-electron chi connectivity index (χ2n) is 5.04. The highest BCUT2D eigenvalue weighted by Gasteiger charge is 2.22. The molecule has 0 saturated heterocycles. The van der Waals surface area contributed by atoms with Crippen molar-refractivity contribution in [1.82, 2.24) is 14.3 Å². The predicted molar refractivity (Wildman–Crippen MR) is 82.0 cm³/mol. The summed E-state index contributed by atoms with van der Waals surface area (Å²) in [5.41, 5.74) is 2.08. The van der Waals surface area contributed by atoms with E-state index < -0.39 is 16.1 Å². The number of benzene rings is 1. The van der Waals surface area contributed by atoms with Crippen LogP contribution in [0, 0.1) is 0 Å². The quantitative estimate of drug-likeness (QED) is 0.879. The summed E-state index contributed by atoms with van der Waals surface area (Å²) in [7, 11) is -3.66. The molecule has 1 atom stereocenters. The van der Waals surface area contributed by atoms with Crippen molar-refractivity contribution in [3.63, 3.8) is 0 Å². The van der Waals surface area contributed by atoms with Crippen LogP contribution in [0.4, 0.5) is 5.69 Å². The number of fused-ring (bicyclic) bond motifs is 1. The van der Waals surface area contributed by atoms with Gasteiger partial charge in [-0.3, -0.25) is 4.79 Å². The van der Waals surface area contributed by atoms with E-state index in [-0.39, 0.29) is 10.8 Å². The molecule has 1 unspecified atom stereocenters. The molecule has 1 aromatic carbocycles. The highest BCUT2D eigenvalue weighted by molar-refractivity contribution is 7.89. The second-order valence-corrected chi connectivity index (χ2v) is 7.36. The van der Waals surface area contributed by atoms with Crippen LogP contribution in [0.1, 0.15) is 30.6 Å². The molecule has 0 radical (unpaired) electrons. The van der Waals surface area contributed by atoms with Crippen molar-refractivity contribution in [3.8, 4) is 0 Å². The van der Waals surface area contributed by atoms with Crippen LogP contribution in [-0.2, 0) is 21.2 Å². The average molecular weight is 338 g/mol. The van der Waals surface area contributed by atoms with E-state index in [2.05, 4.69) is 19.6 Å². The molecule has 0 bridgehead atoms. The molecule has 116 valence electrons. The number of carbonyl (C=O) groups is 1. The molecule has 9 heteroatoms. The van der Waals surface area contributed by atoms with Crippen LogP contribution in [0.2, 0.25) is 0 Å². The van der Waals surface area contributed by atoms with Gasteiger partial charge in [-0.1, -0.05) is 4.49 Å². The van der Waals surface area contributed by atoms with Gasteiger partial charge in [-0.05, 0) is 48.6 Å². The van der Waals surface area contributed by atoms with Gasteiger partial charge in [0.25, 0.3) is 0 Å². The molecule has 1 aromatic heterocycles. The number of nitrogens with zero attached hydrogens (tertiary/aromatic N) is 2. The van der Waals surface area contributed by atoms with Crippen LogP contribution in [0.3, 0.4) is 0 Å². The third-order valence-electron chi connectivity index (χ3n) is 3.43. The Morgan fingerprint density at radius 3 is 2.91 bits per heavy atom. The van der Waals surface area contributed by atoms with Crippen molar-refractivity contribution >= 4 is 33.2 Å². The smallest absolute Gasteiger partial charge is 0.241 e. The van der Waals surface area contributed by atoms with Crippen LogP contribution in [0.25, 0.3) is 0 Å². The van der Waals surface area contributed by atoms with Gasteiger partial charge in [0.1, 0.15) is 0 Å². The topological polar surface area (TPSA) is 101 Å². The molecule has 0 fully saturated rings. The van der Waals surface area contributed by atoms with Crippen molar-refractivity contribution in [2.24, 2.45) is 0 Å². The number of nitrogens with one attached hydrogen (secondary N) is 2. The van der Waals surface area contributed by atoms with Crippen LogP contribution in [-0.4, -0.2) is 23.9 Å². The van der Waals surface area contributed by atoms with E-state index in [4.69, 9.17) is 0 Å². The maximum atomic E-state index is 12.4. The zero-order chi connectivity index (χ0) is 15.7. The van der Waals surface area contributed by atoms with Crippen molar-refractivity contribution in [1.29, 1.82) is 0 Å². The minimum absolute atomic E-state index is 0.0501. The SMILES string of the molecule is CC(NS(=O)(=O)c1ccc2c(c1)CCC(=O)N2)c1csnn1. The standard InChI is InChI=1S/C13H14N4O3S2/c1-8(12-7-21-17-15-12)16-22(19,20)10-3-4-11-9(6-10)2-5-13(18)14-11/h3-4,6-8,16H,2,5H2,1H3,(H,14,18). The van der Waals surface area contributed by atoms with E-state index in [1.807, 2.05) is 0 Å². The van der Waals surface area contributed by atoms with Gasteiger partial charge >= 0.3 is 0 Å². The molecule has 0 spiro atoms. The lowest BCUT2D eigenvalue weighted by Crippen LogP contribution is -2.27. The average Bonchev–Trinajstić information content (AvgIpc) is 3.00. The Hall–Kier alpha value is -1.84. The Labute approximate surface area is 132 Å².